The number of nitrogens with zero attached hydrogens (tertiary/aromatic N) is 2. The van der Waals surface area contributed by atoms with E-state index in [1.54, 1.807) is 23.6 Å². The minimum absolute atomic E-state index is 0.0595. The number of hydrogen-bond acceptors (Lipinski definition) is 6. The number of nitrogens with one attached hydrogen (secondary N) is 2. The fraction of sp³-hybridized carbons (Fsp3) is 0.231. The highest BCUT2D eigenvalue weighted by Gasteiger charge is 2.41. The van der Waals surface area contributed by atoms with E-state index in [4.69, 9.17) is 0 Å². The number of rotatable bonds is 4. The van der Waals surface area contributed by atoms with Crippen LogP contribution in [-0.2, 0) is 9.59 Å². The summed E-state index contributed by atoms with van der Waals surface area (Å²) in [6.07, 6.45) is 2.86. The number of aromatic nitrogens is 2. The quantitative estimate of drug-likeness (QED) is 0.587. The van der Waals surface area contributed by atoms with E-state index < -0.39 is 5.92 Å². The van der Waals surface area contributed by atoms with Crippen molar-refractivity contribution in [1.82, 2.24) is 15.3 Å². The Morgan fingerprint density at radius 2 is 1.97 bits per heavy atom. The van der Waals surface area contributed by atoms with Crippen molar-refractivity contribution in [2.24, 2.45) is 0 Å². The van der Waals surface area contributed by atoms with Crippen LogP contribution in [-0.4, -0.2) is 21.7 Å². The van der Waals surface area contributed by atoms with Gasteiger partial charge in [-0.1, -0.05) is 18.2 Å². The maximum absolute atomic E-state index is 13.5. The minimum atomic E-state index is -0.524. The number of hydrogen-bond donors (Lipinski definition) is 2. The van der Waals surface area contributed by atoms with Crippen molar-refractivity contribution in [3.63, 3.8) is 0 Å². The van der Waals surface area contributed by atoms with E-state index in [1.807, 2.05) is 55.6 Å². The molecule has 3 aromatic rings. The molecule has 1 aliphatic carbocycles. The average molecular weight is 457 g/mol. The van der Waals surface area contributed by atoms with E-state index in [9.17, 15) is 9.59 Å². The first kappa shape index (κ1) is 21.3. The van der Waals surface area contributed by atoms with Crippen molar-refractivity contribution in [3.05, 3.63) is 98.9 Å². The van der Waals surface area contributed by atoms with Crippen LogP contribution in [0.1, 0.15) is 47.9 Å². The summed E-state index contributed by atoms with van der Waals surface area (Å²) in [5, 5.41) is 8.36. The second kappa shape index (κ2) is 8.75. The Morgan fingerprint density at radius 3 is 2.70 bits per heavy atom. The molecule has 166 valence electrons. The predicted octanol–water partition coefficient (Wildman–Crippen LogP) is 4.85. The molecule has 0 saturated carbocycles. The van der Waals surface area contributed by atoms with Gasteiger partial charge in [-0.05, 0) is 56.0 Å². The molecule has 6 nitrogen and oxygen atoms in total. The molecule has 1 aliphatic heterocycles. The van der Waals surface area contributed by atoms with Gasteiger partial charge in [0.2, 0.25) is 0 Å². The molecule has 2 N–H and O–H groups in total. The molecule has 0 bridgehead atoms. The van der Waals surface area contributed by atoms with Crippen LogP contribution in [0.5, 0.6) is 0 Å². The number of carbonyl (C=O) groups excluding carboxylic acids is 2. The van der Waals surface area contributed by atoms with E-state index in [0.717, 1.165) is 23.5 Å². The van der Waals surface area contributed by atoms with E-state index in [-0.39, 0.29) is 17.6 Å². The Hall–Kier alpha value is -3.58. The molecule has 2 unspecified atom stereocenters. The summed E-state index contributed by atoms with van der Waals surface area (Å²) < 4.78 is 0. The third kappa shape index (κ3) is 4.12. The Morgan fingerprint density at radius 1 is 1.09 bits per heavy atom. The number of anilines is 1. The number of allylic oxidation sites excluding steroid dienone is 3. The van der Waals surface area contributed by atoms with Crippen LogP contribution >= 0.6 is 11.3 Å². The van der Waals surface area contributed by atoms with Gasteiger partial charge in [-0.15, -0.1) is 11.3 Å². The molecule has 7 heteroatoms. The van der Waals surface area contributed by atoms with Gasteiger partial charge in [-0.3, -0.25) is 14.6 Å². The van der Waals surface area contributed by atoms with Crippen molar-refractivity contribution >= 4 is 28.8 Å². The van der Waals surface area contributed by atoms with Gasteiger partial charge in [0.25, 0.3) is 5.91 Å². The lowest BCUT2D eigenvalue weighted by atomic mass is 9.73. The first-order valence-corrected chi connectivity index (χ1v) is 11.8. The van der Waals surface area contributed by atoms with Gasteiger partial charge in [-0.25, -0.2) is 4.98 Å². The third-order valence-corrected chi connectivity index (χ3v) is 7.17. The summed E-state index contributed by atoms with van der Waals surface area (Å²) in [6.45, 7) is 3.76. The van der Waals surface area contributed by atoms with Crippen LogP contribution in [0.4, 0.5) is 5.82 Å². The Balaban J connectivity index is 1.55. The number of thiophene rings is 1. The SMILES string of the molecule is CC1=C(C(=O)Nc2cccc(C)n2)C(c2ccccn2)C2=C(CC(c3cccs3)CC2=O)N1. The van der Waals surface area contributed by atoms with E-state index >= 15 is 0 Å². The van der Waals surface area contributed by atoms with Crippen LogP contribution in [0.2, 0.25) is 0 Å². The second-order valence-electron chi connectivity index (χ2n) is 8.41. The van der Waals surface area contributed by atoms with Gasteiger partial charge in [0, 0.05) is 51.6 Å². The lowest BCUT2D eigenvalue weighted by Crippen LogP contribution is -2.37. The molecule has 2 aliphatic rings. The van der Waals surface area contributed by atoms with Crippen LogP contribution in [0.3, 0.4) is 0 Å². The average Bonchev–Trinajstić information content (AvgIpc) is 3.33. The molecular weight excluding hydrogens is 432 g/mol. The first-order chi connectivity index (χ1) is 16.0. The first-order valence-electron chi connectivity index (χ1n) is 10.9. The number of pyridine rings is 2. The van der Waals surface area contributed by atoms with Gasteiger partial charge in [0.15, 0.2) is 5.78 Å². The summed E-state index contributed by atoms with van der Waals surface area (Å²) in [7, 11) is 0. The molecule has 3 aromatic heterocycles. The zero-order valence-electron chi connectivity index (χ0n) is 18.5. The predicted molar refractivity (Wildman–Crippen MR) is 129 cm³/mol. The summed E-state index contributed by atoms with van der Waals surface area (Å²) in [4.78, 5) is 37.2. The highest BCUT2D eigenvalue weighted by atomic mass is 32.1. The molecule has 0 fully saturated rings. The van der Waals surface area contributed by atoms with Crippen LogP contribution < -0.4 is 10.6 Å². The summed E-state index contributed by atoms with van der Waals surface area (Å²) >= 11 is 1.68. The highest BCUT2D eigenvalue weighted by molar-refractivity contribution is 7.10. The monoisotopic (exact) mass is 456 g/mol. The van der Waals surface area contributed by atoms with Gasteiger partial charge in [0.1, 0.15) is 5.82 Å². The van der Waals surface area contributed by atoms with E-state index in [2.05, 4.69) is 26.7 Å². The maximum Gasteiger partial charge on any atom is 0.255 e. The second-order valence-corrected chi connectivity index (χ2v) is 9.38. The largest absolute Gasteiger partial charge is 0.362 e. The van der Waals surface area contributed by atoms with Gasteiger partial charge in [0.05, 0.1) is 11.6 Å². The van der Waals surface area contributed by atoms with Crippen molar-refractivity contribution in [2.45, 2.75) is 38.5 Å². The summed E-state index contributed by atoms with van der Waals surface area (Å²) in [5.74, 6) is -0.123. The number of carbonyl (C=O) groups is 2. The Labute approximate surface area is 196 Å². The van der Waals surface area contributed by atoms with Crippen molar-refractivity contribution in [1.29, 1.82) is 0 Å². The summed E-state index contributed by atoms with van der Waals surface area (Å²) in [6, 6.07) is 15.2. The number of ketones is 1. The molecular formula is C26H24N4O2S. The molecule has 1 amide bonds. The van der Waals surface area contributed by atoms with Crippen molar-refractivity contribution in [3.8, 4) is 0 Å². The Kier molecular flexibility index (Phi) is 5.64. The van der Waals surface area contributed by atoms with Gasteiger partial charge >= 0.3 is 0 Å². The van der Waals surface area contributed by atoms with Crippen LogP contribution in [0.25, 0.3) is 0 Å². The van der Waals surface area contributed by atoms with E-state index in [1.165, 1.54) is 4.88 Å². The molecule has 33 heavy (non-hydrogen) atoms. The van der Waals surface area contributed by atoms with Gasteiger partial charge in [-0.2, -0.15) is 0 Å². The number of dihydropyridines is 1. The lowest BCUT2D eigenvalue weighted by Gasteiger charge is -2.36. The molecule has 0 spiro atoms. The summed E-state index contributed by atoms with van der Waals surface area (Å²) in [5.41, 5.74) is 4.27. The number of aryl methyl sites for hydroxylation is 1. The van der Waals surface area contributed by atoms with Crippen molar-refractivity contribution < 1.29 is 9.59 Å². The molecule has 2 atom stereocenters. The fourth-order valence-electron chi connectivity index (χ4n) is 4.70. The number of Topliss-reactive ketones (excluding diaryl/α,β-unsaturated/α-hetero) is 1. The Bertz CT molecular complexity index is 1280. The lowest BCUT2D eigenvalue weighted by molar-refractivity contribution is -0.116. The fourth-order valence-corrected chi connectivity index (χ4v) is 5.53. The highest BCUT2D eigenvalue weighted by Crippen LogP contribution is 2.45. The number of amides is 1. The molecule has 0 radical (unpaired) electrons. The van der Waals surface area contributed by atoms with Crippen molar-refractivity contribution in [2.75, 3.05) is 5.32 Å². The van der Waals surface area contributed by atoms with Crippen LogP contribution in [0, 0.1) is 6.92 Å². The molecule has 0 aromatic carbocycles. The maximum atomic E-state index is 13.5. The molecule has 0 saturated heterocycles. The zero-order valence-corrected chi connectivity index (χ0v) is 19.3. The van der Waals surface area contributed by atoms with Gasteiger partial charge < -0.3 is 10.6 Å². The topological polar surface area (TPSA) is 84.0 Å². The minimum Gasteiger partial charge on any atom is -0.362 e. The molecule has 5 rings (SSSR count). The van der Waals surface area contributed by atoms with E-state index in [0.29, 0.717) is 29.1 Å². The zero-order chi connectivity index (χ0) is 22.9. The third-order valence-electron chi connectivity index (χ3n) is 6.13. The standard InChI is InChI=1S/C26H24N4O2S/c1-15-7-5-10-22(28-15)30-26(32)23-16(2)29-19-13-17(21-9-6-12-33-21)14-20(31)24(19)25(23)18-8-3-4-11-27-18/h3-12,17,25,29H,13-14H2,1-2H3,(H,28,30,32). The normalized spacial score (nSPS) is 20.4. The smallest absolute Gasteiger partial charge is 0.255 e. The van der Waals surface area contributed by atoms with Crippen LogP contribution in [0.15, 0.2) is 82.6 Å². The molecule has 4 heterocycles.